The number of carbonyl (C=O) groups is 2. The first-order valence-corrected chi connectivity index (χ1v) is 6.38. The Labute approximate surface area is 118 Å². The third-order valence-corrected chi connectivity index (χ3v) is 3.13. The first kappa shape index (κ1) is 15.8. The van der Waals surface area contributed by atoms with Gasteiger partial charge in [0.15, 0.2) is 0 Å². The van der Waals surface area contributed by atoms with Gasteiger partial charge in [0.05, 0.1) is 0 Å². The second-order valence-electron chi connectivity index (χ2n) is 4.90. The lowest BCUT2D eigenvalue weighted by Crippen LogP contribution is -2.55. The van der Waals surface area contributed by atoms with Crippen LogP contribution in [-0.2, 0) is 4.79 Å². The molecule has 0 aliphatic rings. The van der Waals surface area contributed by atoms with Gasteiger partial charge in [0.2, 0.25) is 0 Å². The molecule has 0 aromatic heterocycles. The summed E-state index contributed by atoms with van der Waals surface area (Å²) < 4.78 is 0. The van der Waals surface area contributed by atoms with Crippen molar-refractivity contribution < 1.29 is 19.8 Å². The second kappa shape index (κ2) is 6.27. The molecule has 0 saturated carbocycles. The lowest BCUT2D eigenvalue weighted by Gasteiger charge is -2.29. The predicted molar refractivity (Wildman–Crippen MR) is 76.0 cm³/mol. The highest BCUT2D eigenvalue weighted by Crippen LogP contribution is 2.20. The van der Waals surface area contributed by atoms with Crippen LogP contribution in [0.3, 0.4) is 0 Å². The summed E-state index contributed by atoms with van der Waals surface area (Å²) in [6.45, 7) is 3.33. The predicted octanol–water partition coefficient (Wildman–Crippen LogP) is 2.18. The molecule has 1 aromatic rings. The molecular weight excluding hydrogens is 260 g/mol. The van der Waals surface area contributed by atoms with Crippen LogP contribution >= 0.6 is 0 Å². The molecule has 110 valence electrons. The number of carboxylic acid groups (broad SMARTS) is 1. The summed E-state index contributed by atoms with van der Waals surface area (Å²) in [4.78, 5) is 24.7. The number of hydrogen-bond donors (Lipinski definition) is 3. The van der Waals surface area contributed by atoms with Gasteiger partial charge in [-0.15, -0.1) is 0 Å². The number of aromatic hydroxyl groups is 1. The average molecular weight is 280 g/mol. The van der Waals surface area contributed by atoms with Crippen molar-refractivity contribution in [3.63, 3.8) is 0 Å². The molecule has 20 heavy (non-hydrogen) atoms. The number of phenolic OH excluding ortho intramolecular Hbond substituents is 1. The van der Waals surface area contributed by atoms with E-state index in [1.165, 1.54) is 31.0 Å². The summed E-state index contributed by atoms with van der Waals surface area (Å²) in [7, 11) is 1.51. The highest BCUT2D eigenvalue weighted by molar-refractivity contribution is 5.95. The van der Waals surface area contributed by atoms with E-state index < -0.39 is 17.5 Å². The Hall–Kier alpha value is -2.24. The van der Waals surface area contributed by atoms with E-state index >= 15 is 0 Å². The number of urea groups is 1. The number of aliphatic carboxylic acids is 1. The molecule has 0 spiro atoms. The number of carbonyl (C=O) groups excluding carboxylic acids is 1. The molecule has 0 heterocycles. The Morgan fingerprint density at radius 3 is 2.55 bits per heavy atom. The number of anilines is 1. The van der Waals surface area contributed by atoms with Gasteiger partial charge in [0, 0.05) is 18.8 Å². The summed E-state index contributed by atoms with van der Waals surface area (Å²) in [6.07, 6.45) is 0.973. The Kier molecular flexibility index (Phi) is 4.96. The van der Waals surface area contributed by atoms with Crippen LogP contribution in [0.1, 0.15) is 26.7 Å². The fourth-order valence-electron chi connectivity index (χ4n) is 1.86. The van der Waals surface area contributed by atoms with Crippen molar-refractivity contribution in [2.24, 2.45) is 0 Å². The van der Waals surface area contributed by atoms with Crippen molar-refractivity contribution in [3.8, 4) is 5.75 Å². The first-order chi connectivity index (χ1) is 9.30. The highest BCUT2D eigenvalue weighted by atomic mass is 16.4. The molecule has 2 amide bonds. The lowest BCUT2D eigenvalue weighted by atomic mass is 9.96. The minimum atomic E-state index is -1.31. The van der Waals surface area contributed by atoms with Crippen molar-refractivity contribution >= 4 is 17.7 Å². The number of hydrogen-bond acceptors (Lipinski definition) is 3. The zero-order chi connectivity index (χ0) is 15.3. The standard InChI is InChI=1S/C14H20N2O4/c1-4-8-14(2,12(18)19)15-13(20)16(3)10-6-5-7-11(17)9-10/h5-7,9,17H,4,8H2,1-3H3,(H,15,20)(H,18,19). The third-order valence-electron chi connectivity index (χ3n) is 3.13. The molecule has 6 nitrogen and oxygen atoms in total. The van der Waals surface area contributed by atoms with Crippen LogP contribution in [0.25, 0.3) is 0 Å². The van der Waals surface area contributed by atoms with Gasteiger partial charge in [-0.3, -0.25) is 4.90 Å². The van der Waals surface area contributed by atoms with Gasteiger partial charge in [-0.05, 0) is 25.5 Å². The van der Waals surface area contributed by atoms with Gasteiger partial charge in [-0.2, -0.15) is 0 Å². The number of nitrogens with one attached hydrogen (secondary N) is 1. The van der Waals surface area contributed by atoms with Crippen LogP contribution in [0.4, 0.5) is 10.5 Å². The van der Waals surface area contributed by atoms with E-state index in [-0.39, 0.29) is 5.75 Å². The second-order valence-corrected chi connectivity index (χ2v) is 4.90. The van der Waals surface area contributed by atoms with Crippen molar-refractivity contribution in [1.29, 1.82) is 0 Å². The maximum absolute atomic E-state index is 12.1. The normalized spacial score (nSPS) is 13.3. The molecule has 0 bridgehead atoms. The van der Waals surface area contributed by atoms with Crippen LogP contribution < -0.4 is 10.2 Å². The summed E-state index contributed by atoms with van der Waals surface area (Å²) >= 11 is 0. The van der Waals surface area contributed by atoms with Crippen LogP contribution in [0.5, 0.6) is 5.75 Å². The van der Waals surface area contributed by atoms with E-state index in [9.17, 15) is 19.8 Å². The summed E-state index contributed by atoms with van der Waals surface area (Å²) in [5.41, 5.74) is -0.830. The van der Waals surface area contributed by atoms with Gasteiger partial charge >= 0.3 is 12.0 Å². The maximum Gasteiger partial charge on any atom is 0.329 e. The minimum absolute atomic E-state index is 0.0386. The monoisotopic (exact) mass is 280 g/mol. The maximum atomic E-state index is 12.1. The lowest BCUT2D eigenvalue weighted by molar-refractivity contribution is -0.144. The molecule has 0 fully saturated rings. The fourth-order valence-corrected chi connectivity index (χ4v) is 1.86. The number of benzene rings is 1. The summed E-state index contributed by atoms with van der Waals surface area (Å²) in [5, 5.41) is 21.1. The molecule has 1 atom stereocenters. The fraction of sp³-hybridized carbons (Fsp3) is 0.429. The van der Waals surface area contributed by atoms with Crippen LogP contribution in [-0.4, -0.2) is 34.8 Å². The smallest absolute Gasteiger partial charge is 0.329 e. The topological polar surface area (TPSA) is 89.9 Å². The largest absolute Gasteiger partial charge is 0.508 e. The molecule has 6 heteroatoms. The molecule has 1 unspecified atom stereocenters. The van der Waals surface area contributed by atoms with E-state index in [1.54, 1.807) is 12.1 Å². The van der Waals surface area contributed by atoms with Crippen molar-refractivity contribution in [1.82, 2.24) is 5.32 Å². The summed E-state index contributed by atoms with van der Waals surface area (Å²) in [6, 6.07) is 5.65. The van der Waals surface area contributed by atoms with E-state index in [2.05, 4.69) is 5.32 Å². The molecule has 1 rings (SSSR count). The SMILES string of the molecule is CCCC(C)(NC(=O)N(C)c1cccc(O)c1)C(=O)O. The molecule has 0 saturated heterocycles. The Morgan fingerprint density at radius 2 is 2.05 bits per heavy atom. The highest BCUT2D eigenvalue weighted by Gasteiger charge is 2.34. The number of phenols is 1. The molecular formula is C14H20N2O4. The molecule has 0 aliphatic carbocycles. The Balaban J connectivity index is 2.86. The van der Waals surface area contributed by atoms with E-state index in [0.717, 1.165) is 0 Å². The van der Waals surface area contributed by atoms with E-state index in [0.29, 0.717) is 18.5 Å². The zero-order valence-corrected chi connectivity index (χ0v) is 11.9. The van der Waals surface area contributed by atoms with Gasteiger partial charge in [-0.25, -0.2) is 9.59 Å². The van der Waals surface area contributed by atoms with Crippen molar-refractivity contribution in [3.05, 3.63) is 24.3 Å². The minimum Gasteiger partial charge on any atom is -0.508 e. The number of nitrogens with zero attached hydrogens (tertiary/aromatic N) is 1. The molecule has 0 radical (unpaired) electrons. The van der Waals surface area contributed by atoms with Gasteiger partial charge in [0.25, 0.3) is 0 Å². The number of rotatable bonds is 5. The van der Waals surface area contributed by atoms with E-state index in [1.807, 2.05) is 6.92 Å². The van der Waals surface area contributed by atoms with Crippen molar-refractivity contribution in [2.45, 2.75) is 32.2 Å². The quantitative estimate of drug-likeness (QED) is 0.771. The van der Waals surface area contributed by atoms with Crippen molar-refractivity contribution in [2.75, 3.05) is 11.9 Å². The summed E-state index contributed by atoms with van der Waals surface area (Å²) in [5.74, 6) is -1.03. The molecule has 3 N–H and O–H groups in total. The van der Waals surface area contributed by atoms with Gasteiger partial charge < -0.3 is 15.5 Å². The Bertz CT molecular complexity index is 504. The number of carboxylic acids is 1. The van der Waals surface area contributed by atoms with Crippen LogP contribution in [0.15, 0.2) is 24.3 Å². The van der Waals surface area contributed by atoms with Gasteiger partial charge in [-0.1, -0.05) is 19.4 Å². The zero-order valence-electron chi connectivity index (χ0n) is 11.9. The van der Waals surface area contributed by atoms with E-state index in [4.69, 9.17) is 0 Å². The third kappa shape index (κ3) is 3.63. The van der Waals surface area contributed by atoms with Crippen LogP contribution in [0, 0.1) is 0 Å². The number of amides is 2. The first-order valence-electron chi connectivity index (χ1n) is 6.38. The van der Waals surface area contributed by atoms with Gasteiger partial charge in [0.1, 0.15) is 11.3 Å². The molecule has 0 aliphatic heterocycles. The van der Waals surface area contributed by atoms with Crippen LogP contribution in [0.2, 0.25) is 0 Å². The average Bonchev–Trinajstić information content (AvgIpc) is 2.37. The molecule has 1 aromatic carbocycles. The Morgan fingerprint density at radius 1 is 1.40 bits per heavy atom.